The molecule has 2 aromatic carbocycles. The Morgan fingerprint density at radius 3 is 1.43 bits per heavy atom. The maximum Gasteiger partial charge on any atom is 0.257 e. The van der Waals surface area contributed by atoms with E-state index in [2.05, 4.69) is 55.5 Å². The van der Waals surface area contributed by atoms with Gasteiger partial charge in [0.15, 0.2) is 0 Å². The number of piperidine rings is 2. The van der Waals surface area contributed by atoms with Crippen molar-refractivity contribution in [3.8, 4) is 11.8 Å². The molecule has 0 unspecified atom stereocenters. The summed E-state index contributed by atoms with van der Waals surface area (Å²) in [6, 6.07) is 16.3. The Bertz CT molecular complexity index is 1710. The van der Waals surface area contributed by atoms with Crippen LogP contribution in [0.25, 0.3) is 21.8 Å². The summed E-state index contributed by atoms with van der Waals surface area (Å²) in [5.74, 6) is 2.67. The zero-order chi connectivity index (χ0) is 37.3. The monoisotopic (exact) mass is 738 g/mol. The van der Waals surface area contributed by atoms with Gasteiger partial charge in [-0.1, -0.05) is 63.1 Å². The van der Waals surface area contributed by atoms with E-state index in [0.29, 0.717) is 36.2 Å². The predicted octanol–water partition coefficient (Wildman–Crippen LogP) is 7.33. The number of hydrogen-bond acceptors (Lipinski definition) is 6. The molecule has 0 bridgehead atoms. The van der Waals surface area contributed by atoms with Gasteiger partial charge in [-0.3, -0.25) is 9.59 Å². The van der Waals surface area contributed by atoms with Crippen LogP contribution in [-0.4, -0.2) is 96.3 Å². The van der Waals surface area contributed by atoms with Crippen LogP contribution in [0.5, 0.6) is 11.8 Å². The van der Waals surface area contributed by atoms with E-state index < -0.39 is 0 Å². The maximum atomic E-state index is 13.0. The van der Waals surface area contributed by atoms with Crippen LogP contribution < -0.4 is 20.1 Å². The first-order valence-corrected chi connectivity index (χ1v) is 21.0. The Hall–Kier alpha value is -4.02. The Kier molecular flexibility index (Phi) is 13.1. The van der Waals surface area contributed by atoms with E-state index in [1.165, 1.54) is 64.5 Å². The SMILES string of the molecule is CCCCN1CCC(CNC(=O)c2c3n(c4ccccc24)CCCO3)CC1.CCCCN1CCC(CNC(=O)c2c3n(c4ccccc24)CCCO3)CC1. The van der Waals surface area contributed by atoms with E-state index >= 15 is 0 Å². The number of rotatable bonds is 12. The summed E-state index contributed by atoms with van der Waals surface area (Å²) >= 11 is 0. The lowest BCUT2D eigenvalue weighted by molar-refractivity contribution is 0.0922. The van der Waals surface area contributed by atoms with Crippen molar-refractivity contribution in [2.75, 3.05) is 65.6 Å². The molecule has 0 radical (unpaired) electrons. The van der Waals surface area contributed by atoms with Crippen LogP contribution in [-0.2, 0) is 13.1 Å². The molecule has 2 N–H and O–H groups in total. The van der Waals surface area contributed by atoms with Crippen LogP contribution in [0.2, 0.25) is 0 Å². The number of ether oxygens (including phenoxy) is 2. The van der Waals surface area contributed by atoms with Gasteiger partial charge in [-0.25, -0.2) is 0 Å². The number of nitrogens with zero attached hydrogens (tertiary/aromatic N) is 4. The minimum atomic E-state index is 0.00950. The molecule has 10 heteroatoms. The lowest BCUT2D eigenvalue weighted by Gasteiger charge is -2.31. The number of amides is 2. The first kappa shape index (κ1) is 38.3. The standard InChI is InChI=1S/2C22H31N3O2/c2*1-2-3-11-24-13-9-17(10-14-24)16-23-21(26)20-18-7-4-5-8-19(18)25-12-6-15-27-22(20)25/h2*4-5,7-8,17H,2-3,6,9-16H2,1H3,(H,23,26). The first-order valence-electron chi connectivity index (χ1n) is 21.0. The number of likely N-dealkylation sites (tertiary alicyclic amines) is 2. The minimum absolute atomic E-state index is 0.00950. The van der Waals surface area contributed by atoms with Crippen molar-refractivity contribution in [3.05, 3.63) is 59.7 Å². The second-order valence-corrected chi connectivity index (χ2v) is 15.8. The number of carbonyl (C=O) groups excluding carboxylic acids is 2. The molecule has 0 aliphatic carbocycles. The second-order valence-electron chi connectivity index (χ2n) is 15.8. The average Bonchev–Trinajstić information content (AvgIpc) is 3.75. The van der Waals surface area contributed by atoms with Gasteiger partial charge in [0.2, 0.25) is 11.8 Å². The number of carbonyl (C=O) groups is 2. The molecule has 0 spiro atoms. The normalized spacial score (nSPS) is 18.3. The fraction of sp³-hybridized carbons (Fsp3) is 0.591. The fourth-order valence-corrected chi connectivity index (χ4v) is 8.77. The molecule has 0 atom stereocenters. The minimum Gasteiger partial charge on any atom is -0.478 e. The Balaban J connectivity index is 0.000000167. The molecule has 2 amide bonds. The van der Waals surface area contributed by atoms with Crippen molar-refractivity contribution in [1.29, 1.82) is 0 Å². The highest BCUT2D eigenvalue weighted by Crippen LogP contribution is 2.36. The van der Waals surface area contributed by atoms with Gasteiger partial charge in [0, 0.05) is 37.0 Å². The summed E-state index contributed by atoms with van der Waals surface area (Å²) in [5, 5.41) is 8.41. The summed E-state index contributed by atoms with van der Waals surface area (Å²) in [6.45, 7) is 16.3. The van der Waals surface area contributed by atoms with Crippen LogP contribution in [0.3, 0.4) is 0 Å². The topological polar surface area (TPSA) is 93.0 Å². The molecule has 8 rings (SSSR count). The van der Waals surface area contributed by atoms with E-state index in [0.717, 1.165) is 98.8 Å². The van der Waals surface area contributed by atoms with Gasteiger partial charge >= 0.3 is 0 Å². The molecule has 4 aliphatic heterocycles. The number of benzene rings is 2. The van der Waals surface area contributed by atoms with Gasteiger partial charge < -0.3 is 39.0 Å². The van der Waals surface area contributed by atoms with Gasteiger partial charge in [0.25, 0.3) is 11.8 Å². The van der Waals surface area contributed by atoms with E-state index in [9.17, 15) is 9.59 Å². The highest BCUT2D eigenvalue weighted by molar-refractivity contribution is 6.10. The zero-order valence-corrected chi connectivity index (χ0v) is 32.8. The second kappa shape index (κ2) is 18.5. The fourth-order valence-electron chi connectivity index (χ4n) is 8.77. The molecule has 6 heterocycles. The van der Waals surface area contributed by atoms with Gasteiger partial charge in [-0.05, 0) is 115 Å². The van der Waals surface area contributed by atoms with Crippen LogP contribution in [0.15, 0.2) is 48.5 Å². The van der Waals surface area contributed by atoms with Crippen LogP contribution in [0, 0.1) is 11.8 Å². The predicted molar refractivity (Wildman–Crippen MR) is 217 cm³/mol. The summed E-state index contributed by atoms with van der Waals surface area (Å²) < 4.78 is 16.1. The van der Waals surface area contributed by atoms with Crippen molar-refractivity contribution in [2.24, 2.45) is 11.8 Å². The molecule has 2 fully saturated rings. The number of nitrogens with one attached hydrogen (secondary N) is 2. The largest absolute Gasteiger partial charge is 0.478 e. The van der Waals surface area contributed by atoms with Crippen molar-refractivity contribution >= 4 is 33.6 Å². The lowest BCUT2D eigenvalue weighted by Crippen LogP contribution is -2.39. The summed E-state index contributed by atoms with van der Waals surface area (Å²) in [7, 11) is 0. The van der Waals surface area contributed by atoms with Crippen LogP contribution in [0.1, 0.15) is 98.8 Å². The van der Waals surface area contributed by atoms with Crippen LogP contribution in [0.4, 0.5) is 0 Å². The first-order chi connectivity index (χ1) is 26.6. The highest BCUT2D eigenvalue weighted by atomic mass is 16.5. The zero-order valence-electron chi connectivity index (χ0n) is 32.8. The smallest absolute Gasteiger partial charge is 0.257 e. The Morgan fingerprint density at radius 2 is 1.02 bits per heavy atom. The number of fused-ring (bicyclic) bond motifs is 6. The maximum absolute atomic E-state index is 13.0. The van der Waals surface area contributed by atoms with Crippen molar-refractivity contribution < 1.29 is 19.1 Å². The summed E-state index contributed by atoms with van der Waals surface area (Å²) in [6.07, 6.45) is 11.8. The molecule has 10 nitrogen and oxygen atoms in total. The van der Waals surface area contributed by atoms with E-state index in [-0.39, 0.29) is 11.8 Å². The third-order valence-electron chi connectivity index (χ3n) is 12.0. The number of unbranched alkanes of at least 4 members (excludes halogenated alkanes) is 2. The molecule has 4 aliphatic rings. The van der Waals surface area contributed by atoms with Crippen molar-refractivity contribution in [3.63, 3.8) is 0 Å². The molecular weight excluding hydrogens is 677 g/mol. The van der Waals surface area contributed by atoms with E-state index in [1.54, 1.807) is 0 Å². The molecule has 2 aromatic heterocycles. The summed E-state index contributed by atoms with van der Waals surface area (Å²) in [5.41, 5.74) is 3.62. The number of aryl methyl sites for hydroxylation is 2. The van der Waals surface area contributed by atoms with Gasteiger partial charge in [-0.15, -0.1) is 0 Å². The van der Waals surface area contributed by atoms with Crippen molar-refractivity contribution in [1.82, 2.24) is 29.6 Å². The van der Waals surface area contributed by atoms with E-state index in [4.69, 9.17) is 9.47 Å². The molecule has 0 saturated carbocycles. The molecule has 292 valence electrons. The molecule has 2 saturated heterocycles. The van der Waals surface area contributed by atoms with Gasteiger partial charge in [-0.2, -0.15) is 0 Å². The lowest BCUT2D eigenvalue weighted by atomic mass is 9.96. The van der Waals surface area contributed by atoms with Gasteiger partial charge in [0.1, 0.15) is 11.1 Å². The number of aromatic nitrogens is 2. The summed E-state index contributed by atoms with van der Waals surface area (Å²) in [4.78, 5) is 31.2. The van der Waals surface area contributed by atoms with Gasteiger partial charge in [0.05, 0.1) is 24.2 Å². The van der Waals surface area contributed by atoms with Crippen LogP contribution >= 0.6 is 0 Å². The Morgan fingerprint density at radius 1 is 0.611 bits per heavy atom. The Labute approximate surface area is 321 Å². The quantitative estimate of drug-likeness (QED) is 0.158. The average molecular weight is 739 g/mol. The number of para-hydroxylation sites is 2. The van der Waals surface area contributed by atoms with Crippen molar-refractivity contribution in [2.45, 2.75) is 91.1 Å². The third-order valence-corrected chi connectivity index (χ3v) is 12.0. The third kappa shape index (κ3) is 8.76. The number of hydrogen-bond donors (Lipinski definition) is 2. The highest BCUT2D eigenvalue weighted by Gasteiger charge is 2.29. The van der Waals surface area contributed by atoms with E-state index in [1.807, 2.05) is 36.4 Å². The molecule has 4 aromatic rings. The molecular formula is C44H62N6O4. The molecule has 54 heavy (non-hydrogen) atoms.